The third-order valence-corrected chi connectivity index (χ3v) is 3.37. The standard InChI is InChI=1S/C15H16BrNO6/c1-8-10(14(19)22-3)5-9(16)6-11(8)17-12(15(20)23-4)7-13(18)21-2/h5-7,17H,1-4H3/b12-7+. The number of benzene rings is 1. The van der Waals surface area contributed by atoms with Gasteiger partial charge in [-0.25, -0.2) is 14.4 Å². The van der Waals surface area contributed by atoms with Crippen molar-refractivity contribution in [3.63, 3.8) is 0 Å². The molecule has 1 aromatic carbocycles. The highest BCUT2D eigenvalue weighted by atomic mass is 79.9. The zero-order chi connectivity index (χ0) is 17.6. The van der Waals surface area contributed by atoms with Gasteiger partial charge < -0.3 is 19.5 Å². The molecule has 0 aliphatic rings. The topological polar surface area (TPSA) is 90.9 Å². The van der Waals surface area contributed by atoms with Crippen molar-refractivity contribution in [3.8, 4) is 0 Å². The summed E-state index contributed by atoms with van der Waals surface area (Å²) in [4.78, 5) is 34.9. The predicted octanol–water partition coefficient (Wildman–Crippen LogP) is 2.19. The lowest BCUT2D eigenvalue weighted by molar-refractivity contribution is -0.138. The van der Waals surface area contributed by atoms with E-state index >= 15 is 0 Å². The van der Waals surface area contributed by atoms with Crippen LogP contribution < -0.4 is 5.32 Å². The fourth-order valence-corrected chi connectivity index (χ4v) is 2.17. The Labute approximate surface area is 141 Å². The average Bonchev–Trinajstić information content (AvgIpc) is 2.55. The Bertz CT molecular complexity index is 668. The molecule has 1 rings (SSSR count). The van der Waals surface area contributed by atoms with Crippen molar-refractivity contribution < 1.29 is 28.6 Å². The number of carbonyl (C=O) groups is 3. The smallest absolute Gasteiger partial charge is 0.354 e. The van der Waals surface area contributed by atoms with Crippen LogP contribution in [0.25, 0.3) is 0 Å². The molecule has 0 fully saturated rings. The predicted molar refractivity (Wildman–Crippen MR) is 86.0 cm³/mol. The fourth-order valence-electron chi connectivity index (χ4n) is 1.71. The van der Waals surface area contributed by atoms with Gasteiger partial charge >= 0.3 is 17.9 Å². The number of esters is 3. The van der Waals surface area contributed by atoms with Crippen LogP contribution in [0.3, 0.4) is 0 Å². The van der Waals surface area contributed by atoms with Gasteiger partial charge in [-0.05, 0) is 24.6 Å². The van der Waals surface area contributed by atoms with Gasteiger partial charge in [-0.2, -0.15) is 0 Å². The molecule has 0 bridgehead atoms. The van der Waals surface area contributed by atoms with E-state index in [1.54, 1.807) is 19.1 Å². The molecule has 1 aromatic rings. The molecule has 0 aliphatic heterocycles. The second-order valence-electron chi connectivity index (χ2n) is 4.32. The highest BCUT2D eigenvalue weighted by molar-refractivity contribution is 9.10. The minimum atomic E-state index is -0.755. The molecule has 0 spiro atoms. The summed E-state index contributed by atoms with van der Waals surface area (Å²) < 4.78 is 14.4. The van der Waals surface area contributed by atoms with Gasteiger partial charge in [-0.1, -0.05) is 15.9 Å². The number of halogens is 1. The third kappa shape index (κ3) is 4.82. The first-order valence-electron chi connectivity index (χ1n) is 6.37. The van der Waals surface area contributed by atoms with Crippen molar-refractivity contribution in [2.45, 2.75) is 6.92 Å². The van der Waals surface area contributed by atoms with Crippen LogP contribution in [0.5, 0.6) is 0 Å². The van der Waals surface area contributed by atoms with Crippen molar-refractivity contribution in [3.05, 3.63) is 39.5 Å². The van der Waals surface area contributed by atoms with Crippen molar-refractivity contribution in [2.75, 3.05) is 26.6 Å². The van der Waals surface area contributed by atoms with E-state index in [2.05, 4.69) is 30.7 Å². The maximum Gasteiger partial charge on any atom is 0.354 e. The molecule has 0 heterocycles. The second kappa shape index (κ2) is 8.33. The van der Waals surface area contributed by atoms with E-state index in [-0.39, 0.29) is 5.70 Å². The van der Waals surface area contributed by atoms with E-state index < -0.39 is 17.9 Å². The summed E-state index contributed by atoms with van der Waals surface area (Å²) in [5, 5.41) is 2.77. The Kier molecular flexibility index (Phi) is 6.77. The molecule has 0 aromatic heterocycles. The average molecular weight is 386 g/mol. The summed E-state index contributed by atoms with van der Waals surface area (Å²) in [5.41, 5.74) is 1.16. The number of ether oxygens (including phenoxy) is 3. The van der Waals surface area contributed by atoms with Crippen molar-refractivity contribution in [2.24, 2.45) is 0 Å². The quantitative estimate of drug-likeness (QED) is 0.471. The van der Waals surface area contributed by atoms with Crippen molar-refractivity contribution in [1.29, 1.82) is 0 Å². The third-order valence-electron chi connectivity index (χ3n) is 2.92. The molecule has 0 radical (unpaired) electrons. The summed E-state index contributed by atoms with van der Waals surface area (Å²) in [6, 6.07) is 3.24. The highest BCUT2D eigenvalue weighted by Crippen LogP contribution is 2.27. The summed E-state index contributed by atoms with van der Waals surface area (Å²) in [6.45, 7) is 1.67. The molecule has 8 heteroatoms. The Morgan fingerprint density at radius 2 is 1.74 bits per heavy atom. The van der Waals surface area contributed by atoms with Crippen LogP contribution in [-0.2, 0) is 23.8 Å². The van der Waals surface area contributed by atoms with E-state index in [0.29, 0.717) is 21.3 Å². The number of rotatable bonds is 5. The van der Waals surface area contributed by atoms with Crippen LogP contribution in [0, 0.1) is 6.92 Å². The first-order chi connectivity index (χ1) is 10.8. The number of methoxy groups -OCH3 is 3. The maximum atomic E-state index is 11.8. The molecular weight excluding hydrogens is 370 g/mol. The van der Waals surface area contributed by atoms with Gasteiger partial charge in [0.2, 0.25) is 0 Å². The SMILES string of the molecule is COC(=O)/C=C(/Nc1cc(Br)cc(C(=O)OC)c1C)C(=O)OC. The van der Waals surface area contributed by atoms with E-state index in [9.17, 15) is 14.4 Å². The van der Waals surface area contributed by atoms with Gasteiger partial charge in [0.25, 0.3) is 0 Å². The molecule has 23 heavy (non-hydrogen) atoms. The van der Waals surface area contributed by atoms with Gasteiger partial charge in [0, 0.05) is 10.2 Å². The second-order valence-corrected chi connectivity index (χ2v) is 5.23. The number of nitrogens with one attached hydrogen (secondary N) is 1. The Balaban J connectivity index is 3.31. The molecule has 1 N–H and O–H groups in total. The summed E-state index contributed by atoms with van der Waals surface area (Å²) in [5.74, 6) is -2.00. The van der Waals surface area contributed by atoms with Crippen molar-refractivity contribution in [1.82, 2.24) is 0 Å². The molecule has 0 amide bonds. The van der Waals surface area contributed by atoms with Gasteiger partial charge in [0.1, 0.15) is 5.70 Å². The van der Waals surface area contributed by atoms with Crippen LogP contribution in [0.4, 0.5) is 5.69 Å². The molecule has 0 saturated heterocycles. The normalized spacial score (nSPS) is 10.7. The Hall–Kier alpha value is -2.35. The van der Waals surface area contributed by atoms with Gasteiger partial charge in [0.05, 0.1) is 33.0 Å². The minimum Gasteiger partial charge on any atom is -0.466 e. The molecule has 124 valence electrons. The first-order valence-corrected chi connectivity index (χ1v) is 7.16. The zero-order valence-corrected chi connectivity index (χ0v) is 14.6. The highest BCUT2D eigenvalue weighted by Gasteiger charge is 2.18. The van der Waals surface area contributed by atoms with Crippen LogP contribution in [-0.4, -0.2) is 39.2 Å². The molecule has 0 aliphatic carbocycles. The summed E-state index contributed by atoms with van der Waals surface area (Å²) in [7, 11) is 3.64. The lowest BCUT2D eigenvalue weighted by Gasteiger charge is -2.14. The van der Waals surface area contributed by atoms with E-state index in [1.165, 1.54) is 21.3 Å². The van der Waals surface area contributed by atoms with Gasteiger partial charge in [-0.3, -0.25) is 0 Å². The summed E-state index contributed by atoms with van der Waals surface area (Å²) in [6.07, 6.45) is 0.962. The first kappa shape index (κ1) is 18.7. The lowest BCUT2D eigenvalue weighted by atomic mass is 10.1. The minimum absolute atomic E-state index is 0.128. The van der Waals surface area contributed by atoms with E-state index in [0.717, 1.165) is 6.08 Å². The monoisotopic (exact) mass is 385 g/mol. The van der Waals surface area contributed by atoms with Crippen molar-refractivity contribution >= 4 is 39.5 Å². The van der Waals surface area contributed by atoms with Crippen LogP contribution in [0.2, 0.25) is 0 Å². The molecule has 0 unspecified atom stereocenters. The van der Waals surface area contributed by atoms with E-state index in [4.69, 9.17) is 4.74 Å². The molecule has 0 atom stereocenters. The molecule has 0 saturated carbocycles. The van der Waals surface area contributed by atoms with Crippen LogP contribution in [0.1, 0.15) is 15.9 Å². The largest absolute Gasteiger partial charge is 0.466 e. The van der Waals surface area contributed by atoms with Crippen LogP contribution in [0.15, 0.2) is 28.4 Å². The molecular formula is C15H16BrNO6. The lowest BCUT2D eigenvalue weighted by Crippen LogP contribution is -2.17. The van der Waals surface area contributed by atoms with Crippen LogP contribution >= 0.6 is 15.9 Å². The maximum absolute atomic E-state index is 11.8. The van der Waals surface area contributed by atoms with E-state index in [1.807, 2.05) is 0 Å². The Morgan fingerprint density at radius 1 is 1.09 bits per heavy atom. The number of anilines is 1. The molecule has 7 nitrogen and oxygen atoms in total. The number of carbonyl (C=O) groups excluding carboxylic acids is 3. The zero-order valence-electron chi connectivity index (χ0n) is 13.1. The summed E-state index contributed by atoms with van der Waals surface area (Å²) >= 11 is 3.28. The number of hydrogen-bond donors (Lipinski definition) is 1. The number of hydrogen-bond acceptors (Lipinski definition) is 7. The fraction of sp³-hybridized carbons (Fsp3) is 0.267. The Morgan fingerprint density at radius 3 is 2.26 bits per heavy atom. The van der Waals surface area contributed by atoms with Gasteiger partial charge in [-0.15, -0.1) is 0 Å². The van der Waals surface area contributed by atoms with Gasteiger partial charge in [0.15, 0.2) is 0 Å².